The van der Waals surface area contributed by atoms with Crippen molar-refractivity contribution in [3.63, 3.8) is 0 Å². The molecule has 2 aromatic carbocycles. The van der Waals surface area contributed by atoms with Crippen LogP contribution in [0.3, 0.4) is 0 Å². The van der Waals surface area contributed by atoms with Gasteiger partial charge in [0.2, 0.25) is 0 Å². The lowest BCUT2D eigenvalue weighted by atomic mass is 10.0. The van der Waals surface area contributed by atoms with E-state index in [1.54, 1.807) is 4.68 Å². The number of benzene rings is 2. The number of anilines is 1. The van der Waals surface area contributed by atoms with Gasteiger partial charge >= 0.3 is 0 Å². The van der Waals surface area contributed by atoms with Gasteiger partial charge in [-0.15, -0.1) is 10.2 Å². The van der Waals surface area contributed by atoms with Crippen LogP contribution < -0.4 is 4.90 Å². The molecule has 30 heavy (non-hydrogen) atoms. The van der Waals surface area contributed by atoms with Crippen LogP contribution in [-0.2, 0) is 6.42 Å². The van der Waals surface area contributed by atoms with Gasteiger partial charge in [0, 0.05) is 48.4 Å². The number of nitrogens with one attached hydrogen (secondary N) is 1. The van der Waals surface area contributed by atoms with E-state index in [1.165, 1.54) is 16.8 Å². The lowest BCUT2D eigenvalue weighted by Gasteiger charge is -2.12. The first-order chi connectivity index (χ1) is 14.5. The molecule has 7 nitrogen and oxygen atoms in total. The van der Waals surface area contributed by atoms with Crippen LogP contribution in [0, 0.1) is 13.8 Å². The Morgan fingerprint density at radius 1 is 0.967 bits per heavy atom. The van der Waals surface area contributed by atoms with E-state index in [0.29, 0.717) is 5.95 Å². The van der Waals surface area contributed by atoms with E-state index in [1.807, 2.05) is 45.3 Å². The monoisotopic (exact) mass is 397 g/mol. The maximum Gasteiger partial charge on any atom is 0.272 e. The highest BCUT2D eigenvalue weighted by atomic mass is 15.4. The Bertz CT molecular complexity index is 1360. The van der Waals surface area contributed by atoms with Crippen molar-refractivity contribution in [3.05, 3.63) is 71.0 Å². The maximum atomic E-state index is 4.71. The fourth-order valence-electron chi connectivity index (χ4n) is 3.84. The molecule has 0 atom stereocenters. The standard InChI is InChI=1S/C23H23N7/c1-14-19(13-16-9-11-17(12-10-16)29(3)4)15(2)30(28-14)23-25-22-21(26-27-23)18-7-5-6-8-20(18)24-22/h5-12H,13H2,1-4H3,(H,24,25,27). The van der Waals surface area contributed by atoms with E-state index < -0.39 is 0 Å². The summed E-state index contributed by atoms with van der Waals surface area (Å²) in [4.78, 5) is 10.1. The van der Waals surface area contributed by atoms with Crippen molar-refractivity contribution in [1.29, 1.82) is 0 Å². The molecule has 5 aromatic rings. The zero-order valence-electron chi connectivity index (χ0n) is 17.5. The molecule has 0 aliphatic heterocycles. The van der Waals surface area contributed by atoms with Gasteiger partial charge in [-0.1, -0.05) is 30.3 Å². The molecule has 0 aliphatic carbocycles. The molecule has 5 rings (SSSR count). The molecule has 3 heterocycles. The van der Waals surface area contributed by atoms with E-state index >= 15 is 0 Å². The average molecular weight is 397 g/mol. The topological polar surface area (TPSA) is 75.5 Å². The number of H-pyrrole nitrogens is 1. The van der Waals surface area contributed by atoms with E-state index in [-0.39, 0.29) is 0 Å². The van der Waals surface area contributed by atoms with Crippen LogP contribution >= 0.6 is 0 Å². The lowest BCUT2D eigenvalue weighted by Crippen LogP contribution is -2.08. The van der Waals surface area contributed by atoms with Crippen LogP contribution in [0.15, 0.2) is 48.5 Å². The zero-order chi connectivity index (χ0) is 20.8. The van der Waals surface area contributed by atoms with Crippen molar-refractivity contribution in [3.8, 4) is 5.95 Å². The van der Waals surface area contributed by atoms with Crippen LogP contribution in [0.2, 0.25) is 0 Å². The smallest absolute Gasteiger partial charge is 0.272 e. The van der Waals surface area contributed by atoms with Crippen LogP contribution in [-0.4, -0.2) is 44.0 Å². The molecule has 150 valence electrons. The highest BCUT2D eigenvalue weighted by Gasteiger charge is 2.17. The quantitative estimate of drug-likeness (QED) is 0.497. The number of hydrogen-bond acceptors (Lipinski definition) is 5. The minimum Gasteiger partial charge on any atom is -0.378 e. The second-order valence-corrected chi connectivity index (χ2v) is 7.78. The summed E-state index contributed by atoms with van der Waals surface area (Å²) < 4.78 is 1.79. The van der Waals surface area contributed by atoms with Gasteiger partial charge in [-0.3, -0.25) is 0 Å². The number of aryl methyl sites for hydroxylation is 1. The Morgan fingerprint density at radius 3 is 2.50 bits per heavy atom. The molecule has 0 amide bonds. The minimum absolute atomic E-state index is 0.476. The van der Waals surface area contributed by atoms with Crippen molar-refractivity contribution in [1.82, 2.24) is 29.9 Å². The number of para-hydroxylation sites is 1. The Labute approximate surface area is 174 Å². The molecule has 1 N–H and O–H groups in total. The summed E-state index contributed by atoms with van der Waals surface area (Å²) in [5, 5.41) is 14.5. The SMILES string of the molecule is Cc1nn(-c2nnc3c(n2)[nH]c2ccccc23)c(C)c1Cc1ccc(N(C)C)cc1. The second-order valence-electron chi connectivity index (χ2n) is 7.78. The first-order valence-corrected chi connectivity index (χ1v) is 9.94. The third-order valence-corrected chi connectivity index (χ3v) is 5.58. The maximum absolute atomic E-state index is 4.71. The Morgan fingerprint density at radius 2 is 1.73 bits per heavy atom. The molecule has 0 saturated carbocycles. The summed E-state index contributed by atoms with van der Waals surface area (Å²) in [6.45, 7) is 4.09. The predicted octanol–water partition coefficient (Wildman–Crippen LogP) is 3.97. The van der Waals surface area contributed by atoms with Gasteiger partial charge < -0.3 is 9.88 Å². The van der Waals surface area contributed by atoms with Crippen LogP contribution in [0.5, 0.6) is 0 Å². The van der Waals surface area contributed by atoms with Crippen molar-refractivity contribution in [2.24, 2.45) is 0 Å². The average Bonchev–Trinajstić information content (AvgIpc) is 3.26. The number of hydrogen-bond donors (Lipinski definition) is 1. The van der Waals surface area contributed by atoms with Crippen molar-refractivity contribution >= 4 is 27.8 Å². The van der Waals surface area contributed by atoms with Gasteiger partial charge in [-0.05, 0) is 37.6 Å². The molecule has 0 unspecified atom stereocenters. The third kappa shape index (κ3) is 2.99. The summed E-state index contributed by atoms with van der Waals surface area (Å²) in [6, 6.07) is 16.6. The number of nitrogens with zero attached hydrogens (tertiary/aromatic N) is 6. The van der Waals surface area contributed by atoms with Crippen molar-refractivity contribution in [2.45, 2.75) is 20.3 Å². The summed E-state index contributed by atoms with van der Waals surface area (Å²) in [6.07, 6.45) is 0.813. The predicted molar refractivity (Wildman–Crippen MR) is 119 cm³/mol. The lowest BCUT2D eigenvalue weighted by molar-refractivity contribution is 0.756. The Hall–Kier alpha value is -3.74. The first kappa shape index (κ1) is 18.3. The number of rotatable bonds is 4. The zero-order valence-corrected chi connectivity index (χ0v) is 17.5. The number of fused-ring (bicyclic) bond motifs is 3. The molecular weight excluding hydrogens is 374 g/mol. The molecule has 7 heteroatoms. The van der Waals surface area contributed by atoms with Gasteiger partial charge in [0.25, 0.3) is 5.95 Å². The van der Waals surface area contributed by atoms with Gasteiger partial charge in [-0.2, -0.15) is 10.1 Å². The van der Waals surface area contributed by atoms with Gasteiger partial charge in [-0.25, -0.2) is 4.68 Å². The minimum atomic E-state index is 0.476. The summed E-state index contributed by atoms with van der Waals surface area (Å²) >= 11 is 0. The van der Waals surface area contributed by atoms with E-state index in [0.717, 1.165) is 39.9 Å². The van der Waals surface area contributed by atoms with Gasteiger partial charge in [0.15, 0.2) is 5.65 Å². The highest BCUT2D eigenvalue weighted by molar-refractivity contribution is 6.03. The molecule has 0 bridgehead atoms. The number of aromatic nitrogens is 6. The summed E-state index contributed by atoms with van der Waals surface area (Å²) in [7, 11) is 4.09. The Balaban J connectivity index is 1.52. The molecule has 0 aliphatic rings. The molecule has 0 spiro atoms. The third-order valence-electron chi connectivity index (χ3n) is 5.58. The fraction of sp³-hybridized carbons (Fsp3) is 0.217. The highest BCUT2D eigenvalue weighted by Crippen LogP contribution is 2.24. The Kier molecular flexibility index (Phi) is 4.24. The first-order valence-electron chi connectivity index (χ1n) is 9.94. The molecule has 3 aromatic heterocycles. The van der Waals surface area contributed by atoms with E-state index in [2.05, 4.69) is 51.3 Å². The van der Waals surface area contributed by atoms with Crippen LogP contribution in [0.25, 0.3) is 28.0 Å². The molecule has 0 saturated heterocycles. The van der Waals surface area contributed by atoms with Gasteiger partial charge in [0.1, 0.15) is 5.52 Å². The van der Waals surface area contributed by atoms with Crippen LogP contribution in [0.4, 0.5) is 5.69 Å². The van der Waals surface area contributed by atoms with Crippen molar-refractivity contribution < 1.29 is 0 Å². The normalized spacial score (nSPS) is 11.5. The van der Waals surface area contributed by atoms with E-state index in [4.69, 9.17) is 10.1 Å². The summed E-state index contributed by atoms with van der Waals surface area (Å²) in [5.41, 5.74) is 8.12. The molecule has 0 radical (unpaired) electrons. The number of aromatic amines is 1. The van der Waals surface area contributed by atoms with E-state index in [9.17, 15) is 0 Å². The largest absolute Gasteiger partial charge is 0.378 e. The summed E-state index contributed by atoms with van der Waals surface area (Å²) in [5.74, 6) is 0.476. The molecule has 0 fully saturated rings. The van der Waals surface area contributed by atoms with Crippen molar-refractivity contribution in [2.75, 3.05) is 19.0 Å². The molecular formula is C23H23N7. The second kappa shape index (κ2) is 6.95. The van der Waals surface area contributed by atoms with Gasteiger partial charge in [0.05, 0.1) is 5.69 Å². The van der Waals surface area contributed by atoms with Crippen LogP contribution in [0.1, 0.15) is 22.5 Å². The fourth-order valence-corrected chi connectivity index (χ4v) is 3.84.